The number of nitrogens with two attached hydrogens (primary N) is 1. The molecule has 1 atom stereocenters. The molecule has 2 aromatic rings. The van der Waals surface area contributed by atoms with Crippen LogP contribution in [0, 0.1) is 0 Å². The first-order chi connectivity index (χ1) is 11.5. The molecule has 3 rings (SSSR count). The van der Waals surface area contributed by atoms with Gasteiger partial charge in [-0.2, -0.15) is 0 Å². The van der Waals surface area contributed by atoms with Gasteiger partial charge in [-0.05, 0) is 32.5 Å². The molecule has 2 N–H and O–H groups in total. The van der Waals surface area contributed by atoms with Crippen LogP contribution in [0.2, 0.25) is 19.1 Å². The normalized spacial score (nSPS) is 23.0. The molecule has 0 bridgehead atoms. The molecule has 0 saturated carbocycles. The molecule has 1 heterocycles. The van der Waals surface area contributed by atoms with Gasteiger partial charge in [-0.3, -0.25) is 0 Å². The van der Waals surface area contributed by atoms with Gasteiger partial charge in [0.1, 0.15) is 7.59 Å². The molecule has 0 spiro atoms. The predicted octanol–water partition coefficient (Wildman–Crippen LogP) is 3.18. The van der Waals surface area contributed by atoms with Crippen molar-refractivity contribution in [1.29, 1.82) is 0 Å². The lowest BCUT2D eigenvalue weighted by atomic mass is 10.2. The van der Waals surface area contributed by atoms with Gasteiger partial charge in [-0.1, -0.05) is 77.1 Å². The largest absolute Gasteiger partial charge is 0.411 e. The minimum atomic E-state index is -1.98. The Hall–Kier alpha value is -1.63. The minimum Gasteiger partial charge on any atom is -0.411 e. The van der Waals surface area contributed by atoms with Crippen LogP contribution < -0.4 is 16.1 Å². The molecule has 2 nitrogen and oxygen atoms in total. The second-order valence-corrected chi connectivity index (χ2v) is 20.0. The zero-order valence-corrected chi connectivity index (χ0v) is 16.8. The zero-order valence-electron chi connectivity index (χ0n) is 14.8. The summed E-state index contributed by atoms with van der Waals surface area (Å²) in [6.45, 7) is 6.80. The van der Waals surface area contributed by atoms with Crippen LogP contribution in [0.1, 0.15) is 13.3 Å². The van der Waals surface area contributed by atoms with Crippen molar-refractivity contribution in [2.24, 2.45) is 5.73 Å². The molecule has 1 saturated heterocycles. The van der Waals surface area contributed by atoms with Crippen LogP contribution in [0.15, 0.2) is 72.4 Å². The van der Waals surface area contributed by atoms with Crippen molar-refractivity contribution >= 4 is 25.8 Å². The maximum absolute atomic E-state index is 6.76. The van der Waals surface area contributed by atoms with Crippen LogP contribution >= 0.6 is 0 Å². The highest BCUT2D eigenvalue weighted by atomic mass is 29.3. The van der Waals surface area contributed by atoms with Crippen LogP contribution in [0.5, 0.6) is 0 Å². The van der Waals surface area contributed by atoms with Gasteiger partial charge in [0.25, 0.3) is 0 Å². The first-order valence-corrected chi connectivity index (χ1v) is 14.8. The van der Waals surface area contributed by atoms with Crippen LogP contribution in [-0.2, 0) is 4.43 Å². The average Bonchev–Trinajstić information content (AvgIpc) is 2.62. The Morgan fingerprint density at radius 3 is 1.92 bits per heavy atom. The molecule has 0 radical (unpaired) electrons. The van der Waals surface area contributed by atoms with E-state index in [9.17, 15) is 0 Å². The summed E-state index contributed by atoms with van der Waals surface area (Å²) in [4.78, 5) is 0. The van der Waals surface area contributed by atoms with Gasteiger partial charge in [0, 0.05) is 5.70 Å². The van der Waals surface area contributed by atoms with Crippen LogP contribution in [0.3, 0.4) is 0 Å². The van der Waals surface area contributed by atoms with E-state index < -0.39 is 15.4 Å². The third-order valence-corrected chi connectivity index (χ3v) is 21.1. The lowest BCUT2D eigenvalue weighted by molar-refractivity contribution is 0.220. The Kier molecular flexibility index (Phi) is 4.81. The summed E-state index contributed by atoms with van der Waals surface area (Å²) < 4.78 is 6.76. The summed E-state index contributed by atoms with van der Waals surface area (Å²) in [5.74, 6) is 0. The van der Waals surface area contributed by atoms with Crippen molar-refractivity contribution < 1.29 is 4.43 Å². The fourth-order valence-corrected chi connectivity index (χ4v) is 18.9. The molecule has 1 aliphatic rings. The highest BCUT2D eigenvalue weighted by Gasteiger charge is 2.56. The molecule has 1 fully saturated rings. The van der Waals surface area contributed by atoms with Gasteiger partial charge in [0.2, 0.25) is 0 Å². The standard InChI is InChI=1S/C20H27NOSi2/c1-4-19(21)20-15-16-24(23(2,3)22-20,17-11-7-5-8-12-17)18-13-9-6-10-14-18/h4-14,20H,15-16,21H2,1-3H3. The molecular formula is C20H27NOSi2. The Morgan fingerprint density at radius 1 is 1.00 bits per heavy atom. The molecule has 24 heavy (non-hydrogen) atoms. The van der Waals surface area contributed by atoms with Crippen LogP contribution in [0.4, 0.5) is 0 Å². The van der Waals surface area contributed by atoms with Gasteiger partial charge < -0.3 is 10.2 Å². The predicted molar refractivity (Wildman–Crippen MR) is 108 cm³/mol. The molecule has 126 valence electrons. The summed E-state index contributed by atoms with van der Waals surface area (Å²) in [6, 6.07) is 23.4. The molecule has 2 aromatic carbocycles. The van der Waals surface area contributed by atoms with Crippen LogP contribution in [-0.4, -0.2) is 21.5 Å². The second-order valence-electron chi connectivity index (χ2n) is 7.08. The SMILES string of the molecule is CC=C(N)C1CC[Si](c2ccccc2)(c2ccccc2)[Si](C)(C)O1. The third kappa shape index (κ3) is 2.79. The summed E-state index contributed by atoms with van der Waals surface area (Å²) in [5, 5.41) is 3.01. The Labute approximate surface area is 147 Å². The smallest absolute Gasteiger partial charge is 0.185 e. The van der Waals surface area contributed by atoms with Crippen molar-refractivity contribution in [2.75, 3.05) is 0 Å². The molecule has 1 aliphatic heterocycles. The number of hydrogen-bond donors (Lipinski definition) is 1. The van der Waals surface area contributed by atoms with Gasteiger partial charge in [0.15, 0.2) is 7.83 Å². The van der Waals surface area contributed by atoms with Gasteiger partial charge in [0.05, 0.1) is 6.10 Å². The minimum absolute atomic E-state index is 0.0877. The topological polar surface area (TPSA) is 35.2 Å². The molecule has 0 aromatic heterocycles. The van der Waals surface area contributed by atoms with Gasteiger partial charge in [-0.15, -0.1) is 0 Å². The fourth-order valence-electron chi connectivity index (χ4n) is 4.18. The Balaban J connectivity index is 2.14. The van der Waals surface area contributed by atoms with E-state index >= 15 is 0 Å². The van der Waals surface area contributed by atoms with Crippen molar-refractivity contribution in [3.63, 3.8) is 0 Å². The van der Waals surface area contributed by atoms with E-state index in [-0.39, 0.29) is 6.10 Å². The molecule has 1 unspecified atom stereocenters. The van der Waals surface area contributed by atoms with E-state index in [1.54, 1.807) is 0 Å². The summed E-state index contributed by atoms with van der Waals surface area (Å²) in [5.41, 5.74) is 7.10. The van der Waals surface area contributed by atoms with Gasteiger partial charge in [-0.25, -0.2) is 0 Å². The fraction of sp³-hybridized carbons (Fsp3) is 0.300. The van der Waals surface area contributed by atoms with E-state index in [4.69, 9.17) is 10.2 Å². The average molecular weight is 354 g/mol. The van der Waals surface area contributed by atoms with Crippen molar-refractivity contribution in [3.05, 3.63) is 72.4 Å². The monoisotopic (exact) mass is 353 g/mol. The second kappa shape index (κ2) is 6.71. The van der Waals surface area contributed by atoms with Crippen molar-refractivity contribution in [1.82, 2.24) is 0 Å². The van der Waals surface area contributed by atoms with E-state index in [1.165, 1.54) is 16.4 Å². The number of rotatable bonds is 3. The first kappa shape index (κ1) is 17.2. The first-order valence-electron chi connectivity index (χ1n) is 8.72. The van der Waals surface area contributed by atoms with Crippen molar-refractivity contribution in [2.45, 2.75) is 38.6 Å². The molecular weight excluding hydrogens is 326 g/mol. The van der Waals surface area contributed by atoms with E-state index in [0.29, 0.717) is 0 Å². The van der Waals surface area contributed by atoms with Gasteiger partial charge >= 0.3 is 0 Å². The summed E-state index contributed by atoms with van der Waals surface area (Å²) in [7, 11) is -3.90. The maximum atomic E-state index is 6.76. The lowest BCUT2D eigenvalue weighted by Gasteiger charge is -2.50. The van der Waals surface area contributed by atoms with E-state index in [1.807, 2.05) is 13.0 Å². The molecule has 0 aliphatic carbocycles. The van der Waals surface area contributed by atoms with Crippen molar-refractivity contribution in [3.8, 4) is 0 Å². The van der Waals surface area contributed by atoms with E-state index in [2.05, 4.69) is 73.8 Å². The highest BCUT2D eigenvalue weighted by molar-refractivity contribution is 7.49. The maximum Gasteiger partial charge on any atom is 0.185 e. The zero-order chi connectivity index (χ0) is 17.2. The lowest BCUT2D eigenvalue weighted by Crippen LogP contribution is -2.78. The number of hydrogen-bond acceptors (Lipinski definition) is 2. The number of allylic oxidation sites excluding steroid dienone is 1. The number of benzene rings is 2. The highest BCUT2D eigenvalue weighted by Crippen LogP contribution is 2.35. The summed E-state index contributed by atoms with van der Waals surface area (Å²) in [6.07, 6.45) is 3.10. The Bertz CT molecular complexity index is 673. The Morgan fingerprint density at radius 2 is 1.50 bits per heavy atom. The molecule has 4 heteroatoms. The summed E-state index contributed by atoms with van der Waals surface area (Å²) >= 11 is 0. The third-order valence-electron chi connectivity index (χ3n) is 5.48. The quantitative estimate of drug-likeness (QED) is 0.860. The molecule has 0 amide bonds. The van der Waals surface area contributed by atoms with E-state index in [0.717, 1.165) is 12.1 Å². The van der Waals surface area contributed by atoms with Crippen LogP contribution in [0.25, 0.3) is 0 Å².